The van der Waals surface area contributed by atoms with Gasteiger partial charge in [-0.2, -0.15) is 0 Å². The molecular weight excluding hydrogens is 803 g/mol. The summed E-state index contributed by atoms with van der Waals surface area (Å²) in [5.74, 6) is -0.673. The Kier molecular flexibility index (Phi) is 48.7. The van der Waals surface area contributed by atoms with Crippen molar-refractivity contribution >= 4 is 11.9 Å². The fourth-order valence-electron chi connectivity index (χ4n) is 7.32. The van der Waals surface area contributed by atoms with Crippen LogP contribution in [0.25, 0.3) is 0 Å². The lowest BCUT2D eigenvalue weighted by molar-refractivity contribution is -0.148. The lowest BCUT2D eigenvalue weighted by Gasteiger charge is -2.23. The van der Waals surface area contributed by atoms with Crippen molar-refractivity contribution in [2.75, 3.05) is 6.61 Å². The average molecular weight is 902 g/mol. The zero-order valence-electron chi connectivity index (χ0n) is 42.1. The zero-order valence-corrected chi connectivity index (χ0v) is 42.1. The van der Waals surface area contributed by atoms with Gasteiger partial charge in [-0.1, -0.05) is 227 Å². The van der Waals surface area contributed by atoms with E-state index in [2.05, 4.69) is 123 Å². The maximum absolute atomic E-state index is 13.2. The van der Waals surface area contributed by atoms with Crippen molar-refractivity contribution in [2.24, 2.45) is 0 Å². The number of aliphatic hydroxyl groups is 2. The van der Waals surface area contributed by atoms with Gasteiger partial charge in [0.1, 0.15) is 6.10 Å². The van der Waals surface area contributed by atoms with E-state index >= 15 is 0 Å². The van der Waals surface area contributed by atoms with Crippen molar-refractivity contribution in [2.45, 2.75) is 244 Å². The van der Waals surface area contributed by atoms with Crippen LogP contribution in [-0.4, -0.2) is 46.9 Å². The summed E-state index contributed by atoms with van der Waals surface area (Å²) in [6, 6.07) is -0.755. The number of aliphatic hydroxyl groups excluding tert-OH is 2. The molecule has 65 heavy (non-hydrogen) atoms. The smallest absolute Gasteiger partial charge is 0.306 e. The Hall–Kier alpha value is -3.48. The highest BCUT2D eigenvalue weighted by atomic mass is 16.5. The van der Waals surface area contributed by atoms with Gasteiger partial charge < -0.3 is 20.3 Å². The highest BCUT2D eigenvalue weighted by molar-refractivity contribution is 5.78. The van der Waals surface area contributed by atoms with Crippen LogP contribution in [0.1, 0.15) is 226 Å². The number of esters is 1. The molecule has 0 aliphatic heterocycles. The molecule has 0 aliphatic carbocycles. The minimum atomic E-state index is -0.831. The molecule has 0 aliphatic rings. The summed E-state index contributed by atoms with van der Waals surface area (Å²) in [5.41, 5.74) is 0. The van der Waals surface area contributed by atoms with E-state index in [-0.39, 0.29) is 24.9 Å². The number of rotatable bonds is 46. The van der Waals surface area contributed by atoms with E-state index in [1.165, 1.54) is 89.9 Å². The van der Waals surface area contributed by atoms with Gasteiger partial charge in [-0.05, 0) is 96.0 Å². The molecule has 3 atom stereocenters. The Labute approximate surface area is 400 Å². The second kappa shape index (κ2) is 51.5. The third-order valence-corrected chi connectivity index (χ3v) is 11.3. The molecule has 0 heterocycles. The molecule has 0 radical (unpaired) electrons. The summed E-state index contributed by atoms with van der Waals surface area (Å²) in [6.07, 6.45) is 70.3. The summed E-state index contributed by atoms with van der Waals surface area (Å²) in [6.45, 7) is 6.29. The van der Waals surface area contributed by atoms with E-state index < -0.39 is 18.2 Å². The number of hydrogen-bond donors (Lipinski definition) is 3. The topological polar surface area (TPSA) is 95.9 Å². The van der Waals surface area contributed by atoms with Gasteiger partial charge >= 0.3 is 5.97 Å². The zero-order chi connectivity index (χ0) is 47.4. The number of allylic oxidation sites excluding steroid dienone is 17. The van der Waals surface area contributed by atoms with Gasteiger partial charge in [0.2, 0.25) is 5.91 Å². The van der Waals surface area contributed by atoms with E-state index in [1.807, 2.05) is 6.08 Å². The highest BCUT2D eigenvalue weighted by Crippen LogP contribution is 2.15. The number of carbonyl (C=O) groups excluding carboxylic acids is 2. The molecule has 1 amide bonds. The van der Waals surface area contributed by atoms with Gasteiger partial charge in [0, 0.05) is 6.42 Å². The van der Waals surface area contributed by atoms with Crippen LogP contribution in [-0.2, 0) is 14.3 Å². The summed E-state index contributed by atoms with van der Waals surface area (Å²) >= 11 is 0. The molecule has 370 valence electrons. The van der Waals surface area contributed by atoms with Gasteiger partial charge in [-0.3, -0.25) is 9.59 Å². The number of amides is 1. The predicted molar refractivity (Wildman–Crippen MR) is 282 cm³/mol. The number of ether oxygens (including phenoxy) is 1. The lowest BCUT2D eigenvalue weighted by atomic mass is 10.0. The Morgan fingerprint density at radius 3 is 1.32 bits per heavy atom. The molecule has 3 unspecified atom stereocenters. The van der Waals surface area contributed by atoms with E-state index in [0.717, 1.165) is 89.9 Å². The number of hydrogen-bond acceptors (Lipinski definition) is 5. The summed E-state index contributed by atoms with van der Waals surface area (Å²) in [5, 5.41) is 23.7. The monoisotopic (exact) mass is 902 g/mol. The second-order valence-electron chi connectivity index (χ2n) is 17.5. The number of unbranched alkanes of at least 4 members (excludes halogenated alkanes) is 18. The fraction of sp³-hybridized carbons (Fsp3) is 0.661. The van der Waals surface area contributed by atoms with Crippen molar-refractivity contribution in [3.05, 3.63) is 109 Å². The lowest BCUT2D eigenvalue weighted by Crippen LogP contribution is -2.46. The van der Waals surface area contributed by atoms with Gasteiger partial charge in [-0.25, -0.2) is 0 Å². The van der Waals surface area contributed by atoms with Crippen LogP contribution in [0.5, 0.6) is 0 Å². The average Bonchev–Trinajstić information content (AvgIpc) is 3.30. The Bertz CT molecular complexity index is 1330. The van der Waals surface area contributed by atoms with Crippen LogP contribution < -0.4 is 5.32 Å². The normalized spacial score (nSPS) is 14.1. The summed E-state index contributed by atoms with van der Waals surface area (Å²) < 4.78 is 5.81. The summed E-state index contributed by atoms with van der Waals surface area (Å²) in [4.78, 5) is 26.1. The third kappa shape index (κ3) is 46.8. The molecule has 0 aromatic rings. The first kappa shape index (κ1) is 61.5. The molecule has 6 heteroatoms. The van der Waals surface area contributed by atoms with E-state index in [1.54, 1.807) is 6.08 Å². The first-order valence-electron chi connectivity index (χ1n) is 26.6. The third-order valence-electron chi connectivity index (χ3n) is 11.3. The molecule has 0 saturated carbocycles. The number of nitrogens with one attached hydrogen (secondary N) is 1. The SMILES string of the molecule is CC/C=C/C/C=C/C/C=C/C/C=C/C/C=C/C(CC(=O)NC(CO)C(O)CCCCCCCCCCCCCCC)OC(=O)CCCCC/C=C\C/C=C\C/C=C\C/C=C\CCCCC. The van der Waals surface area contributed by atoms with Crippen LogP contribution in [0.3, 0.4) is 0 Å². The van der Waals surface area contributed by atoms with Crippen molar-refractivity contribution in [3.63, 3.8) is 0 Å². The largest absolute Gasteiger partial charge is 0.458 e. The summed E-state index contributed by atoms with van der Waals surface area (Å²) in [7, 11) is 0. The second-order valence-corrected chi connectivity index (χ2v) is 17.5. The molecule has 6 nitrogen and oxygen atoms in total. The Morgan fingerprint density at radius 1 is 0.477 bits per heavy atom. The standard InChI is InChI=1S/C59H99NO5/c1-4-7-10-13-16-19-22-25-27-28-29-30-31-34-37-40-43-46-49-52-59(64)65-55(50-47-44-41-38-35-33-26-23-20-17-14-11-8-5-2)53-58(63)60-56(54-61)57(62)51-48-45-42-39-36-32-24-21-18-15-12-9-6-3/h8,11,16-17,19-20,25-27,29-30,33-34,37-38,41,47,50,55-57,61-62H,4-7,9-10,12-15,18,21-24,28,31-32,35-36,39-40,42-46,48-49,51-54H2,1-3H3,(H,60,63)/b11-8+,19-16-,20-17+,27-25-,30-29-,33-26+,37-34-,41-38+,50-47+. The van der Waals surface area contributed by atoms with Gasteiger partial charge in [0.25, 0.3) is 0 Å². The fourth-order valence-corrected chi connectivity index (χ4v) is 7.32. The van der Waals surface area contributed by atoms with Gasteiger partial charge in [-0.15, -0.1) is 0 Å². The van der Waals surface area contributed by atoms with Crippen LogP contribution in [0, 0.1) is 0 Å². The van der Waals surface area contributed by atoms with Crippen LogP contribution in [0.4, 0.5) is 0 Å². The van der Waals surface area contributed by atoms with Gasteiger partial charge in [0.15, 0.2) is 0 Å². The van der Waals surface area contributed by atoms with Gasteiger partial charge in [0.05, 0.1) is 25.2 Å². The molecule has 0 rings (SSSR count). The van der Waals surface area contributed by atoms with Crippen LogP contribution in [0.15, 0.2) is 109 Å². The molecule has 0 aromatic carbocycles. The quantitative estimate of drug-likeness (QED) is 0.0321. The predicted octanol–water partition coefficient (Wildman–Crippen LogP) is 16.3. The first-order valence-corrected chi connectivity index (χ1v) is 26.6. The van der Waals surface area contributed by atoms with Crippen molar-refractivity contribution in [3.8, 4) is 0 Å². The minimum Gasteiger partial charge on any atom is -0.458 e. The minimum absolute atomic E-state index is 0.0650. The van der Waals surface area contributed by atoms with E-state index in [0.29, 0.717) is 19.3 Å². The number of carbonyl (C=O) groups is 2. The van der Waals surface area contributed by atoms with Crippen LogP contribution in [0.2, 0.25) is 0 Å². The highest BCUT2D eigenvalue weighted by Gasteiger charge is 2.23. The maximum Gasteiger partial charge on any atom is 0.306 e. The Morgan fingerprint density at radius 2 is 0.862 bits per heavy atom. The van der Waals surface area contributed by atoms with E-state index in [9.17, 15) is 19.8 Å². The first-order chi connectivity index (χ1) is 32.0. The van der Waals surface area contributed by atoms with E-state index in [4.69, 9.17) is 4.74 Å². The van der Waals surface area contributed by atoms with Crippen molar-refractivity contribution in [1.29, 1.82) is 0 Å². The molecule has 0 aromatic heterocycles. The molecule has 0 saturated heterocycles. The Balaban J connectivity index is 4.78. The molecule has 0 fully saturated rings. The molecule has 3 N–H and O–H groups in total. The molecule has 0 spiro atoms. The maximum atomic E-state index is 13.2. The molecular formula is C59H99NO5. The van der Waals surface area contributed by atoms with Crippen LogP contribution >= 0.6 is 0 Å². The van der Waals surface area contributed by atoms with Crippen molar-refractivity contribution in [1.82, 2.24) is 5.32 Å². The van der Waals surface area contributed by atoms with Crippen molar-refractivity contribution < 1.29 is 24.5 Å². The molecule has 0 bridgehead atoms.